The van der Waals surface area contributed by atoms with Gasteiger partial charge in [0.1, 0.15) is 0 Å². The Hall–Kier alpha value is -3.20. The van der Waals surface area contributed by atoms with Gasteiger partial charge in [0.25, 0.3) is 0 Å². The van der Waals surface area contributed by atoms with Crippen molar-refractivity contribution in [2.24, 2.45) is 0 Å². The number of hydrogen-bond donors (Lipinski definition) is 1. The normalized spacial score (nSPS) is 15.4. The van der Waals surface area contributed by atoms with E-state index >= 15 is 0 Å². The first-order chi connectivity index (χ1) is 14.7. The van der Waals surface area contributed by atoms with E-state index in [0.29, 0.717) is 12.1 Å². The first kappa shape index (κ1) is 20.1. The lowest BCUT2D eigenvalue weighted by Crippen LogP contribution is -2.36. The molecule has 1 saturated heterocycles. The SMILES string of the molecule is N#Cc1ccc(CN2CCCN(CC(=O)Nc3ccc4ccccc4c3)CC2)cc1. The van der Waals surface area contributed by atoms with Crippen LogP contribution in [0.15, 0.2) is 66.7 Å². The van der Waals surface area contributed by atoms with Crippen molar-refractivity contribution < 1.29 is 4.79 Å². The second kappa shape index (κ2) is 9.53. The number of carbonyl (C=O) groups is 1. The summed E-state index contributed by atoms with van der Waals surface area (Å²) in [6.45, 7) is 5.04. The average molecular weight is 399 g/mol. The van der Waals surface area contributed by atoms with Crippen molar-refractivity contribution in [3.8, 4) is 6.07 Å². The third-order valence-electron chi connectivity index (χ3n) is 5.57. The van der Waals surface area contributed by atoms with Crippen molar-refractivity contribution in [1.29, 1.82) is 5.26 Å². The van der Waals surface area contributed by atoms with E-state index in [4.69, 9.17) is 5.26 Å². The maximum Gasteiger partial charge on any atom is 0.238 e. The van der Waals surface area contributed by atoms with E-state index < -0.39 is 0 Å². The maximum absolute atomic E-state index is 12.6. The topological polar surface area (TPSA) is 59.4 Å². The molecule has 1 aliphatic rings. The number of rotatable bonds is 5. The van der Waals surface area contributed by atoms with Gasteiger partial charge < -0.3 is 5.32 Å². The molecule has 4 rings (SSSR count). The Kier molecular flexibility index (Phi) is 6.38. The standard InChI is InChI=1S/C25H26N4O/c26-17-20-6-8-21(9-7-20)18-28-12-3-13-29(15-14-28)19-25(30)27-24-11-10-22-4-1-2-5-23(22)16-24/h1-2,4-11,16H,3,12-15,18-19H2,(H,27,30). The highest BCUT2D eigenvalue weighted by atomic mass is 16.2. The molecular weight excluding hydrogens is 372 g/mol. The number of nitrogens with zero attached hydrogens (tertiary/aromatic N) is 3. The molecule has 0 unspecified atom stereocenters. The van der Waals surface area contributed by atoms with Gasteiger partial charge in [-0.2, -0.15) is 5.26 Å². The Morgan fingerprint density at radius 2 is 1.63 bits per heavy atom. The van der Waals surface area contributed by atoms with Gasteiger partial charge in [-0.1, -0.05) is 42.5 Å². The molecule has 3 aromatic rings. The Balaban J connectivity index is 1.28. The molecule has 1 N–H and O–H groups in total. The van der Waals surface area contributed by atoms with Crippen LogP contribution in [0.3, 0.4) is 0 Å². The van der Waals surface area contributed by atoms with Crippen LogP contribution in [0.25, 0.3) is 10.8 Å². The molecule has 1 fully saturated rings. The first-order valence-electron chi connectivity index (χ1n) is 10.4. The van der Waals surface area contributed by atoms with E-state index in [-0.39, 0.29) is 5.91 Å². The van der Waals surface area contributed by atoms with Crippen molar-refractivity contribution in [2.75, 3.05) is 38.0 Å². The van der Waals surface area contributed by atoms with Crippen LogP contribution in [0.2, 0.25) is 0 Å². The van der Waals surface area contributed by atoms with Crippen LogP contribution in [0.5, 0.6) is 0 Å². The minimum absolute atomic E-state index is 0.0332. The molecule has 0 saturated carbocycles. The highest BCUT2D eigenvalue weighted by Gasteiger charge is 2.17. The Morgan fingerprint density at radius 1 is 0.900 bits per heavy atom. The van der Waals surface area contributed by atoms with Crippen molar-refractivity contribution in [3.05, 3.63) is 77.9 Å². The molecule has 30 heavy (non-hydrogen) atoms. The van der Waals surface area contributed by atoms with Crippen molar-refractivity contribution in [1.82, 2.24) is 9.80 Å². The Bertz CT molecular complexity index is 1050. The molecule has 3 aromatic carbocycles. The van der Waals surface area contributed by atoms with E-state index in [0.717, 1.165) is 50.2 Å². The molecule has 0 aromatic heterocycles. The molecule has 5 nitrogen and oxygen atoms in total. The molecule has 1 aliphatic heterocycles. The number of fused-ring (bicyclic) bond motifs is 1. The minimum atomic E-state index is 0.0332. The molecular formula is C25H26N4O. The Labute approximate surface area is 177 Å². The predicted molar refractivity (Wildman–Crippen MR) is 120 cm³/mol. The van der Waals surface area contributed by atoms with Gasteiger partial charge in [0.2, 0.25) is 5.91 Å². The van der Waals surface area contributed by atoms with E-state index in [1.807, 2.05) is 54.6 Å². The van der Waals surface area contributed by atoms with Crippen molar-refractivity contribution in [2.45, 2.75) is 13.0 Å². The van der Waals surface area contributed by atoms with E-state index in [9.17, 15) is 4.79 Å². The second-order valence-electron chi connectivity index (χ2n) is 7.82. The minimum Gasteiger partial charge on any atom is -0.325 e. The van der Waals surface area contributed by atoms with Crippen LogP contribution >= 0.6 is 0 Å². The van der Waals surface area contributed by atoms with E-state index in [1.54, 1.807) is 0 Å². The van der Waals surface area contributed by atoms with Crippen LogP contribution < -0.4 is 5.32 Å². The lowest BCUT2D eigenvalue weighted by atomic mass is 10.1. The summed E-state index contributed by atoms with van der Waals surface area (Å²) < 4.78 is 0. The lowest BCUT2D eigenvalue weighted by Gasteiger charge is -2.21. The summed E-state index contributed by atoms with van der Waals surface area (Å²) in [5.41, 5.74) is 2.76. The highest BCUT2D eigenvalue weighted by Crippen LogP contribution is 2.19. The summed E-state index contributed by atoms with van der Waals surface area (Å²) in [6, 6.07) is 24.1. The van der Waals surface area contributed by atoms with Gasteiger partial charge in [0.05, 0.1) is 18.2 Å². The molecule has 1 heterocycles. The number of carbonyl (C=O) groups excluding carboxylic acids is 1. The molecule has 0 atom stereocenters. The summed E-state index contributed by atoms with van der Waals surface area (Å²) in [4.78, 5) is 17.2. The van der Waals surface area contributed by atoms with Gasteiger partial charge in [0.15, 0.2) is 0 Å². The van der Waals surface area contributed by atoms with Gasteiger partial charge >= 0.3 is 0 Å². The zero-order valence-corrected chi connectivity index (χ0v) is 17.1. The maximum atomic E-state index is 12.6. The number of nitrogens with one attached hydrogen (secondary N) is 1. The van der Waals surface area contributed by atoms with Crippen LogP contribution in [0.1, 0.15) is 17.5 Å². The fraction of sp³-hybridized carbons (Fsp3) is 0.280. The summed E-state index contributed by atoms with van der Waals surface area (Å²) in [6.07, 6.45) is 1.04. The highest BCUT2D eigenvalue weighted by molar-refractivity contribution is 5.95. The van der Waals surface area contributed by atoms with E-state index in [2.05, 4.69) is 33.3 Å². The van der Waals surface area contributed by atoms with Crippen molar-refractivity contribution in [3.63, 3.8) is 0 Å². The second-order valence-corrected chi connectivity index (χ2v) is 7.82. The first-order valence-corrected chi connectivity index (χ1v) is 10.4. The zero-order chi connectivity index (χ0) is 20.8. The molecule has 0 spiro atoms. The van der Waals surface area contributed by atoms with Gasteiger partial charge in [-0.25, -0.2) is 0 Å². The quantitative estimate of drug-likeness (QED) is 0.709. The third-order valence-corrected chi connectivity index (χ3v) is 5.57. The summed E-state index contributed by atoms with van der Waals surface area (Å²) in [5, 5.41) is 14.3. The van der Waals surface area contributed by atoms with Crippen LogP contribution in [0, 0.1) is 11.3 Å². The molecule has 5 heteroatoms. The molecule has 152 valence electrons. The third kappa shape index (κ3) is 5.24. The van der Waals surface area contributed by atoms with Crippen molar-refractivity contribution >= 4 is 22.4 Å². The van der Waals surface area contributed by atoms with E-state index in [1.165, 1.54) is 10.9 Å². The monoisotopic (exact) mass is 398 g/mol. The van der Waals surface area contributed by atoms with Gasteiger partial charge in [0, 0.05) is 25.3 Å². The number of hydrogen-bond acceptors (Lipinski definition) is 4. The van der Waals surface area contributed by atoms with Crippen LogP contribution in [0.4, 0.5) is 5.69 Å². The molecule has 0 aliphatic carbocycles. The number of nitriles is 1. The average Bonchev–Trinajstić information content (AvgIpc) is 2.99. The fourth-order valence-electron chi connectivity index (χ4n) is 3.95. The summed E-state index contributed by atoms with van der Waals surface area (Å²) >= 11 is 0. The summed E-state index contributed by atoms with van der Waals surface area (Å²) in [7, 11) is 0. The van der Waals surface area contributed by atoms with Gasteiger partial charge in [-0.05, 0) is 60.1 Å². The van der Waals surface area contributed by atoms with Crippen LogP contribution in [-0.2, 0) is 11.3 Å². The number of benzene rings is 3. The Morgan fingerprint density at radius 3 is 2.43 bits per heavy atom. The number of amides is 1. The predicted octanol–water partition coefficient (Wildman–Crippen LogP) is 3.86. The lowest BCUT2D eigenvalue weighted by molar-refractivity contribution is -0.117. The largest absolute Gasteiger partial charge is 0.325 e. The fourth-order valence-corrected chi connectivity index (χ4v) is 3.95. The van der Waals surface area contributed by atoms with Gasteiger partial charge in [-0.15, -0.1) is 0 Å². The molecule has 0 bridgehead atoms. The molecule has 1 amide bonds. The number of anilines is 1. The molecule has 0 radical (unpaired) electrons. The smallest absolute Gasteiger partial charge is 0.238 e. The van der Waals surface area contributed by atoms with Gasteiger partial charge in [-0.3, -0.25) is 14.6 Å². The summed E-state index contributed by atoms with van der Waals surface area (Å²) in [5.74, 6) is 0.0332. The van der Waals surface area contributed by atoms with Crippen LogP contribution in [-0.4, -0.2) is 48.4 Å². The zero-order valence-electron chi connectivity index (χ0n) is 17.1.